The van der Waals surface area contributed by atoms with E-state index in [2.05, 4.69) is 0 Å². The van der Waals surface area contributed by atoms with Crippen molar-refractivity contribution in [3.63, 3.8) is 0 Å². The van der Waals surface area contributed by atoms with Crippen LogP contribution in [0.15, 0.2) is 59.0 Å². The van der Waals surface area contributed by atoms with Crippen molar-refractivity contribution in [3.05, 3.63) is 70.8 Å². The third-order valence-corrected chi connectivity index (χ3v) is 8.12. The Bertz CT molecular complexity index is 1230. The number of nitrogens with zero attached hydrogens (tertiary/aromatic N) is 2. The van der Waals surface area contributed by atoms with Gasteiger partial charge in [0.05, 0.1) is 36.3 Å². The summed E-state index contributed by atoms with van der Waals surface area (Å²) in [7, 11) is -2.20. The van der Waals surface area contributed by atoms with Gasteiger partial charge in [-0.25, -0.2) is 8.42 Å². The Balaban J connectivity index is 1.73. The first-order valence-electron chi connectivity index (χ1n) is 11.3. The zero-order valence-electron chi connectivity index (χ0n) is 19.6. The van der Waals surface area contributed by atoms with Crippen molar-refractivity contribution >= 4 is 27.5 Å². The molecule has 1 amide bonds. The van der Waals surface area contributed by atoms with Crippen LogP contribution in [0.25, 0.3) is 5.76 Å². The fourth-order valence-electron chi connectivity index (χ4n) is 4.27. The fraction of sp³-hybridized carbons (Fsp3) is 0.360. The summed E-state index contributed by atoms with van der Waals surface area (Å²) in [5, 5.41) is 11.2. The minimum Gasteiger partial charge on any atom is -0.507 e. The summed E-state index contributed by atoms with van der Waals surface area (Å²) in [6, 6.07) is 12.3. The number of benzene rings is 2. The molecule has 10 heteroatoms. The summed E-state index contributed by atoms with van der Waals surface area (Å²) in [6.45, 7) is 3.53. The van der Waals surface area contributed by atoms with Crippen molar-refractivity contribution in [1.29, 1.82) is 0 Å². The van der Waals surface area contributed by atoms with Crippen molar-refractivity contribution < 1.29 is 32.6 Å². The summed E-state index contributed by atoms with van der Waals surface area (Å²) < 4.78 is 37.5. The van der Waals surface area contributed by atoms with Crippen LogP contribution in [0.2, 0.25) is 0 Å². The molecular formula is C25H28N2O7S. The number of aryl methyl sites for hydroxylation is 1. The number of sulfonamides is 1. The maximum absolute atomic E-state index is 13.0. The van der Waals surface area contributed by atoms with E-state index in [9.17, 15) is 23.1 Å². The van der Waals surface area contributed by atoms with Gasteiger partial charge in [0.25, 0.3) is 11.7 Å². The molecule has 2 aromatic carbocycles. The number of morpholine rings is 1. The fourth-order valence-corrected chi connectivity index (χ4v) is 5.68. The van der Waals surface area contributed by atoms with E-state index in [1.807, 2.05) is 31.2 Å². The lowest BCUT2D eigenvalue weighted by Crippen LogP contribution is -2.40. The molecule has 0 bridgehead atoms. The lowest BCUT2D eigenvalue weighted by atomic mass is 9.95. The first-order chi connectivity index (χ1) is 16.8. The number of ether oxygens (including phenoxy) is 2. The van der Waals surface area contributed by atoms with Gasteiger partial charge in [0.15, 0.2) is 0 Å². The highest BCUT2D eigenvalue weighted by molar-refractivity contribution is 7.89. The summed E-state index contributed by atoms with van der Waals surface area (Å²) in [5.41, 5.74) is 1.89. The highest BCUT2D eigenvalue weighted by Gasteiger charge is 2.45. The predicted octanol–water partition coefficient (Wildman–Crippen LogP) is 2.08. The topological polar surface area (TPSA) is 113 Å². The molecule has 2 heterocycles. The van der Waals surface area contributed by atoms with Gasteiger partial charge in [-0.05, 0) is 36.8 Å². The normalized spacial score (nSPS) is 21.0. The van der Waals surface area contributed by atoms with E-state index in [4.69, 9.17) is 9.47 Å². The third kappa shape index (κ3) is 4.87. The monoisotopic (exact) mass is 500 g/mol. The molecular weight excluding hydrogens is 472 g/mol. The number of amides is 1. The lowest BCUT2D eigenvalue weighted by Gasteiger charge is -2.26. The Kier molecular flexibility index (Phi) is 7.36. The summed E-state index contributed by atoms with van der Waals surface area (Å²) in [6.07, 6.45) is 0. The average molecular weight is 501 g/mol. The summed E-state index contributed by atoms with van der Waals surface area (Å²) in [4.78, 5) is 27.3. The van der Waals surface area contributed by atoms with Gasteiger partial charge in [-0.2, -0.15) is 4.31 Å². The molecule has 2 aromatic rings. The van der Waals surface area contributed by atoms with Crippen molar-refractivity contribution in [3.8, 4) is 0 Å². The number of carbonyl (C=O) groups is 2. The first kappa shape index (κ1) is 25.1. The van der Waals surface area contributed by atoms with E-state index in [0.717, 1.165) is 5.56 Å². The maximum Gasteiger partial charge on any atom is 0.295 e. The third-order valence-electron chi connectivity index (χ3n) is 6.20. The van der Waals surface area contributed by atoms with Crippen molar-refractivity contribution in [1.82, 2.24) is 9.21 Å². The SMILES string of the molecule is COCCN1C(=O)C(=O)C(=C(O)c2ccc(S(=O)(=O)N3CCOCC3)cc2)[C@@H]1c1ccc(C)cc1. The van der Waals surface area contributed by atoms with E-state index in [0.29, 0.717) is 18.8 Å². The number of carbonyl (C=O) groups excluding carboxylic acids is 2. The number of hydrogen-bond acceptors (Lipinski definition) is 7. The number of aliphatic hydroxyl groups is 1. The van der Waals surface area contributed by atoms with Gasteiger partial charge in [-0.1, -0.05) is 29.8 Å². The van der Waals surface area contributed by atoms with Gasteiger partial charge < -0.3 is 19.5 Å². The van der Waals surface area contributed by atoms with Gasteiger partial charge in [-0.3, -0.25) is 9.59 Å². The number of likely N-dealkylation sites (tertiary alicyclic amines) is 1. The number of aliphatic hydroxyl groups excluding tert-OH is 1. The van der Waals surface area contributed by atoms with E-state index in [1.54, 1.807) is 0 Å². The van der Waals surface area contributed by atoms with Crippen LogP contribution in [-0.4, -0.2) is 81.0 Å². The van der Waals surface area contributed by atoms with Crippen LogP contribution >= 0.6 is 0 Å². The van der Waals surface area contributed by atoms with Crippen LogP contribution in [0.4, 0.5) is 0 Å². The van der Waals surface area contributed by atoms with Crippen molar-refractivity contribution in [2.75, 3.05) is 46.6 Å². The second kappa shape index (κ2) is 10.3. The van der Waals surface area contributed by atoms with E-state index in [-0.39, 0.29) is 48.0 Å². The van der Waals surface area contributed by atoms with Crippen LogP contribution in [-0.2, 0) is 29.1 Å². The lowest BCUT2D eigenvalue weighted by molar-refractivity contribution is -0.140. The molecule has 0 saturated carbocycles. The molecule has 9 nitrogen and oxygen atoms in total. The minimum atomic E-state index is -3.71. The van der Waals surface area contributed by atoms with Crippen LogP contribution in [0, 0.1) is 6.92 Å². The zero-order valence-corrected chi connectivity index (χ0v) is 20.5. The number of rotatable bonds is 7. The van der Waals surface area contributed by atoms with Gasteiger partial charge in [0.1, 0.15) is 5.76 Å². The molecule has 186 valence electrons. The van der Waals surface area contributed by atoms with Crippen molar-refractivity contribution in [2.24, 2.45) is 0 Å². The Labute approximate surface area is 204 Å². The zero-order chi connectivity index (χ0) is 25.2. The highest BCUT2D eigenvalue weighted by Crippen LogP contribution is 2.39. The van der Waals surface area contributed by atoms with E-state index < -0.39 is 27.8 Å². The smallest absolute Gasteiger partial charge is 0.295 e. The number of Topliss-reactive ketones (excluding diaryl/α,β-unsaturated/α-hetero) is 1. The molecule has 4 rings (SSSR count). The molecule has 0 aliphatic carbocycles. The Hall–Kier alpha value is -3.05. The highest BCUT2D eigenvalue weighted by atomic mass is 32.2. The van der Waals surface area contributed by atoms with Gasteiger partial charge in [-0.15, -0.1) is 0 Å². The second-order valence-electron chi connectivity index (χ2n) is 8.44. The standard InChI is InChI=1S/C25H28N2O7S/c1-17-3-5-18(6-4-17)22-21(24(29)25(30)27(22)13-14-33-2)23(28)19-7-9-20(10-8-19)35(31,32)26-11-15-34-16-12-26/h3-10,22,28H,11-16H2,1-2H3/t22-/m0/s1. The van der Waals surface area contributed by atoms with Gasteiger partial charge in [0, 0.05) is 32.3 Å². The molecule has 0 unspecified atom stereocenters. The molecule has 2 aliphatic rings. The van der Waals surface area contributed by atoms with E-state index in [1.165, 1.54) is 40.6 Å². The van der Waals surface area contributed by atoms with Crippen molar-refractivity contribution in [2.45, 2.75) is 17.9 Å². The minimum absolute atomic E-state index is 0.0428. The van der Waals surface area contributed by atoms with E-state index >= 15 is 0 Å². The molecule has 0 radical (unpaired) electrons. The van der Waals surface area contributed by atoms with Gasteiger partial charge in [0.2, 0.25) is 10.0 Å². The van der Waals surface area contributed by atoms with Crippen LogP contribution < -0.4 is 0 Å². The summed E-state index contributed by atoms with van der Waals surface area (Å²) in [5.74, 6) is -1.88. The van der Waals surface area contributed by atoms with Crippen LogP contribution in [0.1, 0.15) is 22.7 Å². The first-order valence-corrected chi connectivity index (χ1v) is 12.7. The molecule has 0 spiro atoms. The van der Waals surface area contributed by atoms with Crippen LogP contribution in [0.5, 0.6) is 0 Å². The molecule has 1 N–H and O–H groups in total. The van der Waals surface area contributed by atoms with Gasteiger partial charge >= 0.3 is 0 Å². The quantitative estimate of drug-likeness (QED) is 0.352. The maximum atomic E-state index is 13.0. The summed E-state index contributed by atoms with van der Waals surface area (Å²) >= 11 is 0. The predicted molar refractivity (Wildman–Crippen MR) is 128 cm³/mol. The number of methoxy groups -OCH3 is 1. The Morgan fingerprint density at radius 1 is 1.06 bits per heavy atom. The Morgan fingerprint density at radius 2 is 1.69 bits per heavy atom. The molecule has 0 aromatic heterocycles. The average Bonchev–Trinajstić information content (AvgIpc) is 3.13. The number of hydrogen-bond donors (Lipinski definition) is 1. The van der Waals surface area contributed by atoms with Crippen LogP contribution in [0.3, 0.4) is 0 Å². The largest absolute Gasteiger partial charge is 0.507 e. The molecule has 2 fully saturated rings. The molecule has 2 saturated heterocycles. The Morgan fingerprint density at radius 3 is 2.29 bits per heavy atom. The second-order valence-corrected chi connectivity index (χ2v) is 10.4. The molecule has 35 heavy (non-hydrogen) atoms. The molecule has 2 aliphatic heterocycles. The number of ketones is 1. The molecule has 1 atom stereocenters.